The lowest BCUT2D eigenvalue weighted by atomic mass is 9.73. The summed E-state index contributed by atoms with van der Waals surface area (Å²) in [5.41, 5.74) is 7.54. The molecule has 2 bridgehead atoms. The average Bonchev–Trinajstić information content (AvgIpc) is 3.12. The van der Waals surface area contributed by atoms with Crippen LogP contribution >= 0.6 is 11.6 Å². The fourth-order valence-electron chi connectivity index (χ4n) is 7.69. The van der Waals surface area contributed by atoms with Crippen LogP contribution in [0, 0.1) is 17.7 Å². The SMILES string of the molecule is CC1CCS(=O)(=O)N2CC1N(C(=O)OC(C)(C)C)CC2CCc1c(F)cccc1NC(=O)C(N)C(c1ccc(Cl)cc1)C1CCCCC1. The van der Waals surface area contributed by atoms with Gasteiger partial charge in [0.15, 0.2) is 0 Å². The Morgan fingerprint density at radius 2 is 1.75 bits per heavy atom. The van der Waals surface area contributed by atoms with Crippen LogP contribution in [0.1, 0.15) is 89.7 Å². The predicted octanol–water partition coefficient (Wildman–Crippen LogP) is 6.70. The van der Waals surface area contributed by atoms with Crippen LogP contribution in [-0.2, 0) is 26.0 Å². The predicted molar refractivity (Wildman–Crippen MR) is 187 cm³/mol. The average molecular weight is 705 g/mol. The minimum Gasteiger partial charge on any atom is -0.444 e. The van der Waals surface area contributed by atoms with E-state index in [9.17, 15) is 18.0 Å². The molecule has 2 aliphatic heterocycles. The largest absolute Gasteiger partial charge is 0.444 e. The van der Waals surface area contributed by atoms with Gasteiger partial charge in [-0.05, 0) is 94.5 Å². The molecule has 12 heteroatoms. The van der Waals surface area contributed by atoms with Gasteiger partial charge < -0.3 is 20.7 Å². The molecule has 2 aromatic rings. The summed E-state index contributed by atoms with van der Waals surface area (Å²) in [6.45, 7) is 7.65. The van der Waals surface area contributed by atoms with Crippen LogP contribution in [0.25, 0.3) is 0 Å². The Kier molecular flexibility index (Phi) is 11.4. The summed E-state index contributed by atoms with van der Waals surface area (Å²) in [5.74, 6) is -0.974. The molecule has 0 aromatic heterocycles. The van der Waals surface area contributed by atoms with Crippen molar-refractivity contribution in [3.63, 3.8) is 0 Å². The second-order valence-corrected chi connectivity index (χ2v) is 17.3. The van der Waals surface area contributed by atoms with Crippen LogP contribution in [0.2, 0.25) is 5.02 Å². The molecule has 6 unspecified atom stereocenters. The second kappa shape index (κ2) is 15.0. The lowest BCUT2D eigenvalue weighted by Gasteiger charge is -2.45. The minimum atomic E-state index is -3.60. The number of ether oxygens (including phenoxy) is 1. The Hall–Kier alpha value is -2.73. The zero-order valence-electron chi connectivity index (χ0n) is 28.5. The Morgan fingerprint density at radius 1 is 1.06 bits per heavy atom. The van der Waals surface area contributed by atoms with Crippen molar-refractivity contribution in [2.24, 2.45) is 17.6 Å². The van der Waals surface area contributed by atoms with Gasteiger partial charge in [-0.2, -0.15) is 4.31 Å². The zero-order valence-corrected chi connectivity index (χ0v) is 30.0. The summed E-state index contributed by atoms with van der Waals surface area (Å²) >= 11 is 6.17. The summed E-state index contributed by atoms with van der Waals surface area (Å²) in [7, 11) is -3.60. The van der Waals surface area contributed by atoms with E-state index < -0.39 is 45.5 Å². The molecule has 1 aliphatic carbocycles. The number of nitrogens with zero attached hydrogens (tertiary/aromatic N) is 2. The van der Waals surface area contributed by atoms with Gasteiger partial charge in [-0.3, -0.25) is 4.79 Å². The van der Waals surface area contributed by atoms with Crippen molar-refractivity contribution in [1.29, 1.82) is 0 Å². The van der Waals surface area contributed by atoms with Gasteiger partial charge in [-0.1, -0.05) is 56.0 Å². The molecule has 0 spiro atoms. The minimum absolute atomic E-state index is 0.0159. The molecule has 3 fully saturated rings. The number of hydrogen-bond acceptors (Lipinski definition) is 6. The molecule has 48 heavy (non-hydrogen) atoms. The van der Waals surface area contributed by atoms with Gasteiger partial charge in [-0.15, -0.1) is 0 Å². The number of anilines is 1. The van der Waals surface area contributed by atoms with Gasteiger partial charge in [0.05, 0.1) is 17.8 Å². The molecule has 3 aliphatic rings. The maximum atomic E-state index is 15.5. The van der Waals surface area contributed by atoms with E-state index in [0.717, 1.165) is 37.7 Å². The number of nitrogens with one attached hydrogen (secondary N) is 1. The number of fused-ring (bicyclic) bond motifs is 2. The van der Waals surface area contributed by atoms with Crippen molar-refractivity contribution in [2.45, 2.75) is 109 Å². The lowest BCUT2D eigenvalue weighted by molar-refractivity contribution is -0.118. The van der Waals surface area contributed by atoms with Gasteiger partial charge in [-0.25, -0.2) is 17.6 Å². The molecule has 2 saturated heterocycles. The van der Waals surface area contributed by atoms with Crippen molar-refractivity contribution < 1.29 is 27.1 Å². The summed E-state index contributed by atoms with van der Waals surface area (Å²) in [5, 5.41) is 3.53. The van der Waals surface area contributed by atoms with E-state index in [0.29, 0.717) is 17.1 Å². The summed E-state index contributed by atoms with van der Waals surface area (Å²) < 4.78 is 49.5. The highest BCUT2D eigenvalue weighted by Crippen LogP contribution is 2.39. The molecule has 2 heterocycles. The number of nitrogens with two attached hydrogens (primary N) is 1. The third-order valence-corrected chi connectivity index (χ3v) is 12.4. The smallest absolute Gasteiger partial charge is 0.410 e. The fourth-order valence-corrected chi connectivity index (χ4v) is 9.73. The van der Waals surface area contributed by atoms with Crippen LogP contribution in [0.4, 0.5) is 14.9 Å². The Balaban J connectivity index is 1.36. The maximum Gasteiger partial charge on any atom is 0.410 e. The number of halogens is 2. The number of piperazine rings is 1. The highest BCUT2D eigenvalue weighted by Gasteiger charge is 2.47. The van der Waals surface area contributed by atoms with Crippen molar-refractivity contribution in [2.75, 3.05) is 24.2 Å². The molecular formula is C36H50ClFN4O5S. The van der Waals surface area contributed by atoms with E-state index >= 15 is 4.39 Å². The number of amides is 2. The molecule has 1 saturated carbocycles. The van der Waals surface area contributed by atoms with Crippen LogP contribution in [0.5, 0.6) is 0 Å². The number of benzene rings is 2. The number of rotatable bonds is 8. The van der Waals surface area contributed by atoms with Gasteiger partial charge in [0, 0.05) is 41.3 Å². The van der Waals surface area contributed by atoms with Crippen molar-refractivity contribution in [3.05, 3.63) is 64.4 Å². The fraction of sp³-hybridized carbons (Fsp3) is 0.611. The van der Waals surface area contributed by atoms with Crippen LogP contribution in [-0.4, -0.2) is 72.2 Å². The number of hydrogen-bond donors (Lipinski definition) is 2. The highest BCUT2D eigenvalue weighted by atomic mass is 35.5. The first-order valence-corrected chi connectivity index (χ1v) is 19.2. The molecule has 9 nitrogen and oxygen atoms in total. The van der Waals surface area contributed by atoms with Gasteiger partial charge >= 0.3 is 6.09 Å². The topological polar surface area (TPSA) is 122 Å². The molecular weight excluding hydrogens is 655 g/mol. The summed E-state index contributed by atoms with van der Waals surface area (Å²) in [6.07, 6.45) is 5.59. The molecule has 3 N–H and O–H groups in total. The van der Waals surface area contributed by atoms with Gasteiger partial charge in [0.1, 0.15) is 11.4 Å². The Labute approximate surface area is 289 Å². The first kappa shape index (κ1) is 36.5. The normalized spacial score (nSPS) is 25.9. The van der Waals surface area contributed by atoms with Crippen molar-refractivity contribution >= 4 is 39.3 Å². The van der Waals surface area contributed by atoms with Crippen LogP contribution in [0.15, 0.2) is 42.5 Å². The van der Waals surface area contributed by atoms with Crippen molar-refractivity contribution in [3.8, 4) is 0 Å². The van der Waals surface area contributed by atoms with Crippen molar-refractivity contribution in [1.82, 2.24) is 9.21 Å². The van der Waals surface area contributed by atoms with E-state index in [1.54, 1.807) is 31.7 Å². The third-order valence-electron chi connectivity index (χ3n) is 10.3. The van der Waals surface area contributed by atoms with E-state index in [-0.39, 0.29) is 61.0 Å². The van der Waals surface area contributed by atoms with Crippen LogP contribution < -0.4 is 11.1 Å². The van der Waals surface area contributed by atoms with E-state index in [4.69, 9.17) is 22.1 Å². The van der Waals surface area contributed by atoms with E-state index in [1.807, 2.05) is 31.2 Å². The summed E-state index contributed by atoms with van der Waals surface area (Å²) in [6, 6.07) is 10.2. The quantitative estimate of drug-likeness (QED) is 0.316. The first-order chi connectivity index (χ1) is 22.6. The molecule has 6 atom stereocenters. The number of carbonyl (C=O) groups excluding carboxylic acids is 2. The molecule has 5 rings (SSSR count). The molecule has 0 radical (unpaired) electrons. The Bertz CT molecular complexity index is 1560. The lowest BCUT2D eigenvalue weighted by Crippen LogP contribution is -2.62. The number of carbonyl (C=O) groups is 2. The number of sulfonamides is 1. The van der Waals surface area contributed by atoms with E-state index in [2.05, 4.69) is 5.32 Å². The van der Waals surface area contributed by atoms with Gasteiger partial charge in [0.25, 0.3) is 0 Å². The second-order valence-electron chi connectivity index (χ2n) is 14.8. The molecule has 2 aromatic carbocycles. The standard InChI is InChI=1S/C36H50ClFN4O5S/c1-23-19-20-48(45,46)42-22-31(23)41(35(44)47-36(2,3)4)21-27(42)17-18-28-29(38)11-8-12-30(28)40-34(43)33(39)32(24-9-6-5-7-10-24)25-13-15-26(37)16-14-25/h8,11-16,23-24,27,31-33H,5-7,9-10,17-22,39H2,1-4H3,(H,40,43). The summed E-state index contributed by atoms with van der Waals surface area (Å²) in [4.78, 5) is 28.8. The highest BCUT2D eigenvalue weighted by molar-refractivity contribution is 7.89. The third kappa shape index (κ3) is 8.52. The maximum absolute atomic E-state index is 15.5. The van der Waals surface area contributed by atoms with Crippen LogP contribution in [0.3, 0.4) is 0 Å². The molecule has 264 valence electrons. The molecule has 2 amide bonds. The van der Waals surface area contributed by atoms with Gasteiger partial charge in [0.2, 0.25) is 15.9 Å². The van der Waals surface area contributed by atoms with E-state index in [1.165, 1.54) is 16.4 Å². The first-order valence-electron chi connectivity index (χ1n) is 17.2. The zero-order chi connectivity index (χ0) is 34.8. The Morgan fingerprint density at radius 3 is 2.42 bits per heavy atom. The monoisotopic (exact) mass is 704 g/mol.